The maximum atomic E-state index is 12.0. The average Bonchev–Trinajstić information content (AvgIpc) is 3.10. The molecule has 0 aliphatic carbocycles. The molecule has 4 heteroatoms. The zero-order valence-electron chi connectivity index (χ0n) is 12.2. The molecule has 0 unspecified atom stereocenters. The molecule has 0 atom stereocenters. The van der Waals surface area contributed by atoms with Crippen LogP contribution in [-0.4, -0.2) is 24.0 Å². The molecule has 0 bridgehead atoms. The fourth-order valence-electron chi connectivity index (χ4n) is 2.22. The second kappa shape index (κ2) is 6.80. The summed E-state index contributed by atoms with van der Waals surface area (Å²) in [5.41, 5.74) is 1.89. The van der Waals surface area contributed by atoms with Crippen molar-refractivity contribution in [1.29, 1.82) is 0 Å². The highest BCUT2D eigenvalue weighted by Crippen LogP contribution is 2.17. The second-order valence-corrected chi connectivity index (χ2v) is 5.11. The third kappa shape index (κ3) is 3.67. The van der Waals surface area contributed by atoms with Gasteiger partial charge in [0.25, 0.3) is 0 Å². The molecule has 112 valence electrons. The van der Waals surface area contributed by atoms with Crippen LogP contribution in [0.15, 0.2) is 66.7 Å². The van der Waals surface area contributed by atoms with Gasteiger partial charge in [-0.25, -0.2) is 4.79 Å². The first-order chi connectivity index (χ1) is 10.8. The van der Waals surface area contributed by atoms with Crippen LogP contribution in [0.1, 0.15) is 5.56 Å². The number of ether oxygens (including phenoxy) is 1. The van der Waals surface area contributed by atoms with Gasteiger partial charge in [-0.1, -0.05) is 42.5 Å². The fraction of sp³-hybridized carbons (Fsp3) is 0.167. The van der Waals surface area contributed by atoms with Gasteiger partial charge in [-0.05, 0) is 29.8 Å². The molecule has 1 aliphatic heterocycles. The molecular weight excluding hydrogens is 276 g/mol. The lowest BCUT2D eigenvalue weighted by molar-refractivity contribution is 0.224. The molecule has 0 radical (unpaired) electrons. The number of nitrogens with one attached hydrogen (secondary N) is 1. The van der Waals surface area contributed by atoms with Crippen LogP contribution in [0.3, 0.4) is 0 Å². The Balaban J connectivity index is 1.52. The number of carbonyl (C=O) groups is 1. The lowest BCUT2D eigenvalue weighted by Gasteiger charge is -2.16. The van der Waals surface area contributed by atoms with E-state index in [0.29, 0.717) is 19.7 Å². The van der Waals surface area contributed by atoms with Crippen LogP contribution < -0.4 is 10.1 Å². The van der Waals surface area contributed by atoms with Crippen molar-refractivity contribution in [3.05, 3.63) is 72.3 Å². The predicted octanol–water partition coefficient (Wildman–Crippen LogP) is 3.67. The van der Waals surface area contributed by atoms with Gasteiger partial charge in [0.05, 0.1) is 0 Å². The number of hydrogen-bond acceptors (Lipinski definition) is 2. The Kier molecular flexibility index (Phi) is 4.39. The number of rotatable bonds is 4. The van der Waals surface area contributed by atoms with Gasteiger partial charge < -0.3 is 15.0 Å². The van der Waals surface area contributed by atoms with Gasteiger partial charge in [0.2, 0.25) is 0 Å². The number of anilines is 1. The smallest absolute Gasteiger partial charge is 0.322 e. The monoisotopic (exact) mass is 294 g/mol. The van der Waals surface area contributed by atoms with Gasteiger partial charge in [0, 0.05) is 18.8 Å². The molecule has 0 fully saturated rings. The van der Waals surface area contributed by atoms with Crippen molar-refractivity contribution in [2.24, 2.45) is 0 Å². The molecule has 3 rings (SSSR count). The topological polar surface area (TPSA) is 41.6 Å². The normalized spacial score (nSPS) is 13.2. The summed E-state index contributed by atoms with van der Waals surface area (Å²) in [6, 6.07) is 17.4. The minimum absolute atomic E-state index is 0.0806. The van der Waals surface area contributed by atoms with Crippen molar-refractivity contribution in [1.82, 2.24) is 4.90 Å². The number of nitrogens with zero attached hydrogens (tertiary/aromatic N) is 1. The van der Waals surface area contributed by atoms with Gasteiger partial charge in [-0.3, -0.25) is 0 Å². The summed E-state index contributed by atoms with van der Waals surface area (Å²) in [7, 11) is 0. The predicted molar refractivity (Wildman–Crippen MR) is 86.9 cm³/mol. The number of carbonyl (C=O) groups excluding carboxylic acids is 1. The molecule has 2 amide bonds. The summed E-state index contributed by atoms with van der Waals surface area (Å²) < 4.78 is 5.72. The lowest BCUT2D eigenvalue weighted by atomic mass is 10.2. The highest BCUT2D eigenvalue weighted by Gasteiger charge is 2.13. The van der Waals surface area contributed by atoms with E-state index < -0.39 is 0 Å². The largest absolute Gasteiger partial charge is 0.489 e. The molecule has 4 nitrogen and oxygen atoms in total. The van der Waals surface area contributed by atoms with E-state index in [9.17, 15) is 4.79 Å². The summed E-state index contributed by atoms with van der Waals surface area (Å²) in [6.07, 6.45) is 3.97. The van der Waals surface area contributed by atoms with Gasteiger partial charge in [-0.15, -0.1) is 0 Å². The lowest BCUT2D eigenvalue weighted by Crippen LogP contribution is -2.32. The molecule has 1 aliphatic rings. The van der Waals surface area contributed by atoms with E-state index >= 15 is 0 Å². The Hall–Kier alpha value is -2.75. The maximum absolute atomic E-state index is 12.0. The first-order valence-electron chi connectivity index (χ1n) is 7.29. The minimum atomic E-state index is -0.0806. The van der Waals surface area contributed by atoms with Gasteiger partial charge in [0.15, 0.2) is 0 Å². The zero-order valence-corrected chi connectivity index (χ0v) is 12.2. The van der Waals surface area contributed by atoms with Crippen molar-refractivity contribution >= 4 is 11.7 Å². The van der Waals surface area contributed by atoms with E-state index in [1.54, 1.807) is 4.90 Å². The highest BCUT2D eigenvalue weighted by atomic mass is 16.5. The fourth-order valence-corrected chi connectivity index (χ4v) is 2.22. The zero-order chi connectivity index (χ0) is 15.2. The SMILES string of the molecule is O=C(Nc1ccc(OCc2ccccc2)cc1)N1CC=CC1. The number of urea groups is 1. The van der Waals surface area contributed by atoms with E-state index in [2.05, 4.69) is 5.32 Å². The quantitative estimate of drug-likeness (QED) is 0.874. The van der Waals surface area contributed by atoms with Crippen LogP contribution in [0.5, 0.6) is 5.75 Å². The summed E-state index contributed by atoms with van der Waals surface area (Å²) in [5, 5.41) is 2.88. The van der Waals surface area contributed by atoms with E-state index in [4.69, 9.17) is 4.74 Å². The first kappa shape index (κ1) is 14.2. The maximum Gasteiger partial charge on any atom is 0.322 e. The molecule has 0 saturated carbocycles. The van der Waals surface area contributed by atoms with E-state index in [1.807, 2.05) is 66.7 Å². The Morgan fingerprint density at radius 1 is 1.00 bits per heavy atom. The van der Waals surface area contributed by atoms with Crippen LogP contribution in [0, 0.1) is 0 Å². The summed E-state index contributed by atoms with van der Waals surface area (Å²) >= 11 is 0. The van der Waals surface area contributed by atoms with Crippen LogP contribution in [-0.2, 0) is 6.61 Å². The Labute approximate surface area is 130 Å². The number of hydrogen-bond donors (Lipinski definition) is 1. The molecule has 1 N–H and O–H groups in total. The van der Waals surface area contributed by atoms with Gasteiger partial charge >= 0.3 is 6.03 Å². The molecule has 2 aromatic rings. The third-order valence-electron chi connectivity index (χ3n) is 3.46. The van der Waals surface area contributed by atoms with E-state index in [0.717, 1.165) is 17.0 Å². The third-order valence-corrected chi connectivity index (χ3v) is 3.46. The summed E-state index contributed by atoms with van der Waals surface area (Å²) in [6.45, 7) is 1.88. The molecule has 1 heterocycles. The average molecular weight is 294 g/mol. The Bertz CT molecular complexity index is 643. The molecule has 2 aromatic carbocycles. The Morgan fingerprint density at radius 3 is 2.36 bits per heavy atom. The Morgan fingerprint density at radius 2 is 1.68 bits per heavy atom. The van der Waals surface area contributed by atoms with Crippen LogP contribution in [0.4, 0.5) is 10.5 Å². The van der Waals surface area contributed by atoms with Gasteiger partial charge in [-0.2, -0.15) is 0 Å². The molecule has 0 spiro atoms. The summed E-state index contributed by atoms with van der Waals surface area (Å²) in [5.74, 6) is 0.782. The van der Waals surface area contributed by atoms with Crippen molar-refractivity contribution in [3.63, 3.8) is 0 Å². The van der Waals surface area contributed by atoms with Crippen molar-refractivity contribution in [2.45, 2.75) is 6.61 Å². The molecule has 0 saturated heterocycles. The van der Waals surface area contributed by atoms with Crippen LogP contribution in [0.2, 0.25) is 0 Å². The van der Waals surface area contributed by atoms with Gasteiger partial charge in [0.1, 0.15) is 12.4 Å². The standard InChI is InChI=1S/C18H18N2O2/c21-18(20-12-4-5-13-20)19-16-8-10-17(11-9-16)22-14-15-6-2-1-3-7-15/h1-11H,12-14H2,(H,19,21). The second-order valence-electron chi connectivity index (χ2n) is 5.11. The van der Waals surface area contributed by atoms with Crippen LogP contribution in [0.25, 0.3) is 0 Å². The summed E-state index contributed by atoms with van der Waals surface area (Å²) in [4.78, 5) is 13.7. The first-order valence-corrected chi connectivity index (χ1v) is 7.29. The van der Waals surface area contributed by atoms with E-state index in [1.165, 1.54) is 0 Å². The highest BCUT2D eigenvalue weighted by molar-refractivity contribution is 5.89. The minimum Gasteiger partial charge on any atom is -0.489 e. The molecule has 0 aromatic heterocycles. The van der Waals surface area contributed by atoms with Crippen molar-refractivity contribution in [2.75, 3.05) is 18.4 Å². The van der Waals surface area contributed by atoms with Crippen molar-refractivity contribution in [3.8, 4) is 5.75 Å². The van der Waals surface area contributed by atoms with Crippen molar-refractivity contribution < 1.29 is 9.53 Å². The van der Waals surface area contributed by atoms with Crippen LogP contribution >= 0.6 is 0 Å². The number of amides is 2. The number of benzene rings is 2. The van der Waals surface area contributed by atoms with E-state index in [-0.39, 0.29) is 6.03 Å². The molecular formula is C18H18N2O2. The molecule has 22 heavy (non-hydrogen) atoms.